The standard InChI is InChI=1S/C20H21FN4O/c1-3-25-18(23-17-5-4-9-22-19(17)25)15-8-10-24(12-15)20(26)14-7-6-13(2)16(21)11-14/h4-7,9,11,15H,3,8,10,12H2,1-2H3. The van der Waals surface area contributed by atoms with Crippen molar-refractivity contribution in [2.45, 2.75) is 32.7 Å². The number of rotatable bonds is 3. The Labute approximate surface area is 151 Å². The normalized spacial score (nSPS) is 17.2. The van der Waals surface area contributed by atoms with Gasteiger partial charge in [0.2, 0.25) is 0 Å². The number of benzene rings is 1. The molecule has 0 N–H and O–H groups in total. The van der Waals surface area contributed by atoms with E-state index in [1.165, 1.54) is 6.07 Å². The third-order valence-corrected chi connectivity index (χ3v) is 5.11. The monoisotopic (exact) mass is 352 g/mol. The molecule has 0 radical (unpaired) electrons. The summed E-state index contributed by atoms with van der Waals surface area (Å²) in [5, 5.41) is 0. The van der Waals surface area contributed by atoms with Crippen LogP contribution in [0.1, 0.15) is 41.0 Å². The molecule has 1 unspecified atom stereocenters. The third-order valence-electron chi connectivity index (χ3n) is 5.11. The van der Waals surface area contributed by atoms with Crippen LogP contribution in [0.4, 0.5) is 4.39 Å². The number of aromatic nitrogens is 3. The quantitative estimate of drug-likeness (QED) is 0.725. The first-order valence-corrected chi connectivity index (χ1v) is 8.95. The Kier molecular flexibility index (Phi) is 4.18. The molecular formula is C20H21FN4O. The van der Waals surface area contributed by atoms with Gasteiger partial charge in [-0.15, -0.1) is 0 Å². The molecule has 3 heterocycles. The van der Waals surface area contributed by atoms with E-state index in [0.29, 0.717) is 24.2 Å². The van der Waals surface area contributed by atoms with Crippen molar-refractivity contribution >= 4 is 17.1 Å². The Hall–Kier alpha value is -2.76. The van der Waals surface area contributed by atoms with E-state index in [-0.39, 0.29) is 17.6 Å². The van der Waals surface area contributed by atoms with Crippen LogP contribution >= 0.6 is 0 Å². The van der Waals surface area contributed by atoms with Crippen LogP contribution in [0.2, 0.25) is 0 Å². The average molecular weight is 352 g/mol. The number of hydrogen-bond donors (Lipinski definition) is 0. The lowest BCUT2D eigenvalue weighted by atomic mass is 10.1. The lowest BCUT2D eigenvalue weighted by molar-refractivity contribution is 0.0790. The Morgan fingerprint density at radius 3 is 2.96 bits per heavy atom. The molecule has 1 aliphatic heterocycles. The van der Waals surface area contributed by atoms with Gasteiger partial charge in [0.05, 0.1) is 0 Å². The molecular weight excluding hydrogens is 331 g/mol. The minimum Gasteiger partial charge on any atom is -0.338 e. The number of halogens is 1. The number of aryl methyl sites for hydroxylation is 2. The minimum absolute atomic E-state index is 0.122. The molecule has 1 fully saturated rings. The van der Waals surface area contributed by atoms with Gasteiger partial charge >= 0.3 is 0 Å². The predicted octanol–water partition coefficient (Wildman–Crippen LogP) is 3.53. The number of carbonyl (C=O) groups excluding carboxylic acids is 1. The maximum atomic E-state index is 13.8. The van der Waals surface area contributed by atoms with Gasteiger partial charge in [0.25, 0.3) is 5.91 Å². The van der Waals surface area contributed by atoms with Crippen molar-refractivity contribution in [3.63, 3.8) is 0 Å². The molecule has 0 aliphatic carbocycles. The van der Waals surface area contributed by atoms with E-state index in [2.05, 4.69) is 16.5 Å². The van der Waals surface area contributed by atoms with E-state index in [4.69, 9.17) is 4.98 Å². The highest BCUT2D eigenvalue weighted by atomic mass is 19.1. The Balaban J connectivity index is 1.59. The number of pyridine rings is 1. The number of hydrogen-bond acceptors (Lipinski definition) is 3. The highest BCUT2D eigenvalue weighted by Gasteiger charge is 2.31. The second-order valence-electron chi connectivity index (χ2n) is 6.76. The van der Waals surface area contributed by atoms with Gasteiger partial charge in [0.15, 0.2) is 5.65 Å². The maximum absolute atomic E-state index is 13.8. The number of carbonyl (C=O) groups is 1. The van der Waals surface area contributed by atoms with Gasteiger partial charge in [-0.25, -0.2) is 14.4 Å². The molecule has 0 bridgehead atoms. The molecule has 0 saturated carbocycles. The summed E-state index contributed by atoms with van der Waals surface area (Å²) < 4.78 is 15.9. The molecule has 6 heteroatoms. The molecule has 26 heavy (non-hydrogen) atoms. The molecule has 1 aromatic carbocycles. The van der Waals surface area contributed by atoms with E-state index in [0.717, 1.165) is 30.0 Å². The summed E-state index contributed by atoms with van der Waals surface area (Å²) in [7, 11) is 0. The molecule has 5 nitrogen and oxygen atoms in total. The molecule has 2 aromatic heterocycles. The number of amides is 1. The van der Waals surface area contributed by atoms with E-state index in [9.17, 15) is 9.18 Å². The number of likely N-dealkylation sites (tertiary alicyclic amines) is 1. The molecule has 0 spiro atoms. The summed E-state index contributed by atoms with van der Waals surface area (Å²) in [6.07, 6.45) is 2.62. The lowest BCUT2D eigenvalue weighted by Crippen LogP contribution is -2.28. The highest BCUT2D eigenvalue weighted by molar-refractivity contribution is 5.94. The van der Waals surface area contributed by atoms with Crippen LogP contribution in [0.3, 0.4) is 0 Å². The van der Waals surface area contributed by atoms with Crippen LogP contribution in [0.15, 0.2) is 36.5 Å². The van der Waals surface area contributed by atoms with Crippen LogP contribution in [-0.2, 0) is 6.54 Å². The topological polar surface area (TPSA) is 51.0 Å². The molecule has 1 aliphatic rings. The average Bonchev–Trinajstić information content (AvgIpc) is 3.27. The summed E-state index contributed by atoms with van der Waals surface area (Å²) >= 11 is 0. The smallest absolute Gasteiger partial charge is 0.253 e. The molecule has 134 valence electrons. The van der Waals surface area contributed by atoms with Crippen LogP contribution in [0.5, 0.6) is 0 Å². The summed E-state index contributed by atoms with van der Waals surface area (Å²) in [4.78, 5) is 23.7. The molecule has 3 aromatic rings. The summed E-state index contributed by atoms with van der Waals surface area (Å²) in [6, 6.07) is 8.52. The van der Waals surface area contributed by atoms with Crippen LogP contribution in [-0.4, -0.2) is 38.4 Å². The zero-order valence-corrected chi connectivity index (χ0v) is 14.9. The second kappa shape index (κ2) is 6.52. The first-order valence-electron chi connectivity index (χ1n) is 8.95. The van der Waals surface area contributed by atoms with Gasteiger partial charge in [-0.05, 0) is 50.1 Å². The zero-order chi connectivity index (χ0) is 18.3. The van der Waals surface area contributed by atoms with Gasteiger partial charge in [0, 0.05) is 37.3 Å². The van der Waals surface area contributed by atoms with Gasteiger partial charge in [-0.1, -0.05) is 6.07 Å². The van der Waals surface area contributed by atoms with E-state index in [1.807, 2.05) is 12.1 Å². The van der Waals surface area contributed by atoms with E-state index >= 15 is 0 Å². The fourth-order valence-electron chi connectivity index (χ4n) is 3.66. The fourth-order valence-corrected chi connectivity index (χ4v) is 3.66. The van der Waals surface area contributed by atoms with Crippen LogP contribution in [0, 0.1) is 12.7 Å². The van der Waals surface area contributed by atoms with Crippen molar-refractivity contribution in [2.24, 2.45) is 0 Å². The van der Waals surface area contributed by atoms with Gasteiger partial charge < -0.3 is 9.47 Å². The van der Waals surface area contributed by atoms with Gasteiger partial charge in [-0.3, -0.25) is 4.79 Å². The highest BCUT2D eigenvalue weighted by Crippen LogP contribution is 2.30. The number of imidazole rings is 1. The van der Waals surface area contributed by atoms with Crippen LogP contribution < -0.4 is 0 Å². The van der Waals surface area contributed by atoms with E-state index < -0.39 is 0 Å². The van der Waals surface area contributed by atoms with Crippen molar-refractivity contribution in [3.05, 3.63) is 59.3 Å². The minimum atomic E-state index is -0.342. The maximum Gasteiger partial charge on any atom is 0.253 e. The first-order chi connectivity index (χ1) is 12.6. The summed E-state index contributed by atoms with van der Waals surface area (Å²) in [5.74, 6) is 0.684. The van der Waals surface area contributed by atoms with Crippen molar-refractivity contribution in [3.8, 4) is 0 Å². The van der Waals surface area contributed by atoms with Crippen molar-refractivity contribution < 1.29 is 9.18 Å². The van der Waals surface area contributed by atoms with E-state index in [1.54, 1.807) is 30.2 Å². The molecule has 1 atom stereocenters. The lowest BCUT2D eigenvalue weighted by Gasteiger charge is -2.17. The largest absolute Gasteiger partial charge is 0.338 e. The third kappa shape index (κ3) is 2.75. The zero-order valence-electron chi connectivity index (χ0n) is 14.9. The Bertz CT molecular complexity index is 981. The molecule has 4 rings (SSSR count). The number of nitrogens with zero attached hydrogens (tertiary/aromatic N) is 4. The van der Waals surface area contributed by atoms with Crippen molar-refractivity contribution in [2.75, 3.05) is 13.1 Å². The summed E-state index contributed by atoms with van der Waals surface area (Å²) in [6.45, 7) is 5.80. The molecule has 1 saturated heterocycles. The SMILES string of the molecule is CCn1c(C2CCN(C(=O)c3ccc(C)c(F)c3)C2)nc2cccnc21. The number of fused-ring (bicyclic) bond motifs is 1. The second-order valence-corrected chi connectivity index (χ2v) is 6.76. The predicted molar refractivity (Wildman–Crippen MR) is 97.6 cm³/mol. The Morgan fingerprint density at radius 2 is 2.19 bits per heavy atom. The summed E-state index contributed by atoms with van der Waals surface area (Å²) in [5.41, 5.74) is 2.72. The molecule has 1 amide bonds. The van der Waals surface area contributed by atoms with Gasteiger partial charge in [0.1, 0.15) is 17.2 Å². The van der Waals surface area contributed by atoms with Crippen molar-refractivity contribution in [1.29, 1.82) is 0 Å². The fraction of sp³-hybridized carbons (Fsp3) is 0.350. The van der Waals surface area contributed by atoms with Gasteiger partial charge in [-0.2, -0.15) is 0 Å². The first kappa shape index (κ1) is 16.7. The van der Waals surface area contributed by atoms with Crippen molar-refractivity contribution in [1.82, 2.24) is 19.4 Å². The van der Waals surface area contributed by atoms with Crippen LogP contribution in [0.25, 0.3) is 11.2 Å². The Morgan fingerprint density at radius 1 is 1.35 bits per heavy atom.